The predicted octanol–water partition coefficient (Wildman–Crippen LogP) is 5.05. The Morgan fingerprint density at radius 2 is 1.89 bits per heavy atom. The quantitative estimate of drug-likeness (QED) is 0.326. The molecule has 10 nitrogen and oxygen atoms in total. The van der Waals surface area contributed by atoms with Crippen molar-refractivity contribution < 1.29 is 32.6 Å². The lowest BCUT2D eigenvalue weighted by atomic mass is 10.0. The summed E-state index contributed by atoms with van der Waals surface area (Å²) in [6.07, 6.45) is 2.04. The first-order chi connectivity index (χ1) is 22.0. The molecule has 1 aliphatic rings. The standard InChI is InChI=1S/C34H45N3O7S2/c1-24-21-37(25(2)23-38)34(40)29-20-28(35-46(41,42)33-14-10-18-45-33)15-16-30(29)44-26(3)11-8-9-17-43-31(24)22-36(4)32(39)19-27-12-6-5-7-13-27/h5-7,10,12-16,18,20,24-26,31,35,38H,8-9,11,17,19,21-23H2,1-4H3/t24-,25-,26-,31-/m1/s1. The molecule has 2 N–H and O–H groups in total. The largest absolute Gasteiger partial charge is 0.490 e. The van der Waals surface area contributed by atoms with E-state index in [4.69, 9.17) is 9.47 Å². The van der Waals surface area contributed by atoms with Crippen molar-refractivity contribution in [3.63, 3.8) is 0 Å². The summed E-state index contributed by atoms with van der Waals surface area (Å²) in [4.78, 5) is 30.7. The molecule has 4 rings (SSSR count). The van der Waals surface area contributed by atoms with Gasteiger partial charge < -0.3 is 24.4 Å². The SMILES string of the molecule is C[C@@H]1CCCCO[C@H](CN(C)C(=O)Cc2ccccc2)[C@H](C)CN([C@H](C)CO)C(=O)c2cc(NS(=O)(=O)c3cccs3)ccc2O1. The van der Waals surface area contributed by atoms with Crippen molar-refractivity contribution in [2.24, 2.45) is 5.92 Å². The predicted molar refractivity (Wildman–Crippen MR) is 180 cm³/mol. The average Bonchev–Trinajstić information content (AvgIpc) is 3.59. The molecule has 2 heterocycles. The van der Waals surface area contributed by atoms with Gasteiger partial charge in [-0.05, 0) is 68.3 Å². The molecule has 0 radical (unpaired) electrons. The number of rotatable bonds is 9. The maximum absolute atomic E-state index is 14.3. The minimum absolute atomic E-state index is 0.0320. The lowest BCUT2D eigenvalue weighted by Crippen LogP contribution is -2.48. The second kappa shape index (κ2) is 16.4. The molecule has 0 saturated heterocycles. The number of ether oxygens (including phenoxy) is 2. The fourth-order valence-corrected chi connectivity index (χ4v) is 7.39. The van der Waals surface area contributed by atoms with E-state index in [1.54, 1.807) is 47.4 Å². The molecule has 46 heavy (non-hydrogen) atoms. The van der Waals surface area contributed by atoms with E-state index in [9.17, 15) is 23.1 Å². The topological polar surface area (TPSA) is 125 Å². The van der Waals surface area contributed by atoms with E-state index in [0.29, 0.717) is 18.9 Å². The number of hydrogen-bond donors (Lipinski definition) is 2. The Morgan fingerprint density at radius 1 is 1.13 bits per heavy atom. The van der Waals surface area contributed by atoms with Gasteiger partial charge in [-0.15, -0.1) is 11.3 Å². The highest BCUT2D eigenvalue weighted by Gasteiger charge is 2.31. The molecule has 1 aromatic heterocycles. The van der Waals surface area contributed by atoms with Gasteiger partial charge in [-0.1, -0.05) is 43.3 Å². The van der Waals surface area contributed by atoms with Gasteiger partial charge in [0.15, 0.2) is 0 Å². The summed E-state index contributed by atoms with van der Waals surface area (Å²) >= 11 is 1.10. The molecule has 3 aromatic rings. The average molecular weight is 672 g/mol. The Balaban J connectivity index is 1.62. The Morgan fingerprint density at radius 3 is 2.59 bits per heavy atom. The third kappa shape index (κ3) is 9.54. The number of thiophene rings is 1. The van der Waals surface area contributed by atoms with Crippen LogP contribution in [0.2, 0.25) is 0 Å². The highest BCUT2D eigenvalue weighted by molar-refractivity contribution is 7.94. The summed E-state index contributed by atoms with van der Waals surface area (Å²) in [7, 11) is -2.08. The number of fused-ring (bicyclic) bond motifs is 1. The second-order valence-electron chi connectivity index (χ2n) is 12.0. The number of amides is 2. The Kier molecular flexibility index (Phi) is 12.6. The number of sulfonamides is 1. The van der Waals surface area contributed by atoms with Gasteiger partial charge in [0, 0.05) is 38.3 Å². The highest BCUT2D eigenvalue weighted by Crippen LogP contribution is 2.30. The van der Waals surface area contributed by atoms with E-state index in [0.717, 1.165) is 36.2 Å². The van der Waals surface area contributed by atoms with Crippen LogP contribution in [0.1, 0.15) is 56.0 Å². The third-order valence-electron chi connectivity index (χ3n) is 8.14. The van der Waals surface area contributed by atoms with E-state index in [1.165, 1.54) is 12.1 Å². The highest BCUT2D eigenvalue weighted by atomic mass is 32.2. The number of aliphatic hydroxyl groups excluding tert-OH is 1. The van der Waals surface area contributed by atoms with E-state index < -0.39 is 22.0 Å². The molecule has 0 unspecified atom stereocenters. The lowest BCUT2D eigenvalue weighted by molar-refractivity contribution is -0.131. The fourth-order valence-electron chi connectivity index (χ4n) is 5.35. The van der Waals surface area contributed by atoms with E-state index in [-0.39, 0.29) is 59.1 Å². The Bertz CT molecular complexity index is 1530. The van der Waals surface area contributed by atoms with Crippen LogP contribution < -0.4 is 9.46 Å². The summed E-state index contributed by atoms with van der Waals surface area (Å²) in [5.41, 5.74) is 1.35. The number of likely N-dealkylation sites (N-methyl/N-ethyl adjacent to an activating group) is 1. The van der Waals surface area contributed by atoms with E-state index in [1.807, 2.05) is 44.2 Å². The van der Waals surface area contributed by atoms with Crippen LogP contribution in [-0.4, -0.2) is 86.7 Å². The second-order valence-corrected chi connectivity index (χ2v) is 14.8. The van der Waals surface area contributed by atoms with Gasteiger partial charge in [0.2, 0.25) is 5.91 Å². The summed E-state index contributed by atoms with van der Waals surface area (Å²) in [6, 6.07) is 16.9. The molecule has 0 fully saturated rings. The number of carbonyl (C=O) groups is 2. The van der Waals surface area contributed by atoms with Crippen LogP contribution in [0.15, 0.2) is 70.3 Å². The molecule has 250 valence electrons. The van der Waals surface area contributed by atoms with Gasteiger partial charge in [0.1, 0.15) is 9.96 Å². The summed E-state index contributed by atoms with van der Waals surface area (Å²) in [6.45, 7) is 6.44. The van der Waals surface area contributed by atoms with E-state index in [2.05, 4.69) is 4.72 Å². The number of benzene rings is 2. The molecular weight excluding hydrogens is 627 g/mol. The zero-order valence-corrected chi connectivity index (χ0v) is 28.6. The molecule has 2 aromatic carbocycles. The maximum Gasteiger partial charge on any atom is 0.271 e. The summed E-state index contributed by atoms with van der Waals surface area (Å²) < 4.78 is 41.3. The third-order valence-corrected chi connectivity index (χ3v) is 10.9. The molecule has 0 spiro atoms. The van der Waals surface area contributed by atoms with Crippen LogP contribution in [0, 0.1) is 5.92 Å². The van der Waals surface area contributed by atoms with Gasteiger partial charge >= 0.3 is 0 Å². The van der Waals surface area contributed by atoms with Crippen molar-refractivity contribution in [3.05, 3.63) is 77.2 Å². The lowest BCUT2D eigenvalue weighted by Gasteiger charge is -2.36. The monoisotopic (exact) mass is 671 g/mol. The first-order valence-electron chi connectivity index (χ1n) is 15.7. The number of nitrogens with one attached hydrogen (secondary N) is 1. The van der Waals surface area contributed by atoms with Crippen molar-refractivity contribution in [3.8, 4) is 5.75 Å². The number of carbonyl (C=O) groups excluding carboxylic acids is 2. The first-order valence-corrected chi connectivity index (χ1v) is 18.0. The molecule has 12 heteroatoms. The van der Waals surface area contributed by atoms with Crippen molar-refractivity contribution >= 4 is 38.9 Å². The Hall–Kier alpha value is -3.45. The molecule has 0 saturated carbocycles. The number of hydrogen-bond acceptors (Lipinski definition) is 8. The minimum atomic E-state index is -3.85. The van der Waals surface area contributed by atoms with Crippen molar-refractivity contribution in [2.75, 3.05) is 38.1 Å². The van der Waals surface area contributed by atoms with Crippen LogP contribution in [0.5, 0.6) is 5.75 Å². The van der Waals surface area contributed by atoms with Gasteiger partial charge in [-0.3, -0.25) is 14.3 Å². The molecule has 0 aliphatic carbocycles. The van der Waals surface area contributed by atoms with Gasteiger partial charge in [-0.2, -0.15) is 0 Å². The zero-order valence-electron chi connectivity index (χ0n) is 26.9. The zero-order chi connectivity index (χ0) is 33.3. The molecule has 4 atom stereocenters. The van der Waals surface area contributed by atoms with Gasteiger partial charge in [-0.25, -0.2) is 8.42 Å². The number of nitrogens with zero attached hydrogens (tertiary/aromatic N) is 2. The number of aliphatic hydroxyl groups is 1. The summed E-state index contributed by atoms with van der Waals surface area (Å²) in [5, 5.41) is 11.9. The van der Waals surface area contributed by atoms with Crippen molar-refractivity contribution in [2.45, 2.75) is 68.9 Å². The first kappa shape index (κ1) is 35.4. The van der Waals surface area contributed by atoms with Crippen LogP contribution in [-0.2, 0) is 26.0 Å². The smallest absolute Gasteiger partial charge is 0.271 e. The van der Waals surface area contributed by atoms with Gasteiger partial charge in [0.05, 0.1) is 36.8 Å². The van der Waals surface area contributed by atoms with Crippen molar-refractivity contribution in [1.82, 2.24) is 9.80 Å². The summed E-state index contributed by atoms with van der Waals surface area (Å²) in [5.74, 6) is -0.306. The molecule has 2 amide bonds. The van der Waals surface area contributed by atoms with Gasteiger partial charge in [0.25, 0.3) is 15.9 Å². The Labute approximate surface area is 276 Å². The normalized spacial score (nSPS) is 20.6. The van der Waals surface area contributed by atoms with E-state index >= 15 is 0 Å². The molecule has 0 bridgehead atoms. The number of anilines is 1. The molecular formula is C34H45N3O7S2. The van der Waals surface area contributed by atoms with Crippen LogP contribution >= 0.6 is 11.3 Å². The van der Waals surface area contributed by atoms with Crippen molar-refractivity contribution in [1.29, 1.82) is 0 Å². The van der Waals surface area contributed by atoms with Crippen LogP contribution in [0.25, 0.3) is 0 Å². The maximum atomic E-state index is 14.3. The van der Waals surface area contributed by atoms with Crippen LogP contribution in [0.3, 0.4) is 0 Å². The molecule has 1 aliphatic heterocycles. The fraction of sp³-hybridized carbons (Fsp3) is 0.471. The van der Waals surface area contributed by atoms with Crippen LogP contribution in [0.4, 0.5) is 5.69 Å². The minimum Gasteiger partial charge on any atom is -0.490 e.